The lowest BCUT2D eigenvalue weighted by Gasteiger charge is -2.14. The summed E-state index contributed by atoms with van der Waals surface area (Å²) in [5.41, 5.74) is 4.10. The van der Waals surface area contributed by atoms with Crippen LogP contribution in [-0.4, -0.2) is 18.4 Å². The van der Waals surface area contributed by atoms with Gasteiger partial charge in [0, 0.05) is 17.3 Å². The van der Waals surface area contributed by atoms with E-state index in [0.717, 1.165) is 35.2 Å². The van der Waals surface area contributed by atoms with Gasteiger partial charge in [-0.15, -0.1) is 0 Å². The van der Waals surface area contributed by atoms with Crippen molar-refractivity contribution in [2.24, 2.45) is 0 Å². The van der Waals surface area contributed by atoms with Gasteiger partial charge in [0.1, 0.15) is 6.42 Å². The number of halogens is 1. The van der Waals surface area contributed by atoms with E-state index in [1.807, 2.05) is 56.3 Å². The van der Waals surface area contributed by atoms with E-state index in [9.17, 15) is 9.59 Å². The van der Waals surface area contributed by atoms with Crippen LogP contribution in [0.2, 0.25) is 5.02 Å². The Bertz CT molecular complexity index is 735. The molecular weight excluding hydrogens is 348 g/mol. The maximum atomic E-state index is 12.2. The first-order valence-electron chi connectivity index (χ1n) is 8.95. The first kappa shape index (κ1) is 20.0. The molecule has 0 aliphatic rings. The highest BCUT2D eigenvalue weighted by Gasteiger charge is 2.13. The molecule has 0 aliphatic carbocycles. The zero-order chi connectivity index (χ0) is 18.9. The first-order chi connectivity index (χ1) is 12.5. The number of carbonyl (C=O) groups is 2. The van der Waals surface area contributed by atoms with E-state index in [0.29, 0.717) is 18.0 Å². The fourth-order valence-electron chi connectivity index (χ4n) is 2.79. The molecule has 2 amide bonds. The molecule has 0 bridgehead atoms. The summed E-state index contributed by atoms with van der Waals surface area (Å²) in [7, 11) is 0. The molecule has 2 aromatic rings. The number of amides is 2. The summed E-state index contributed by atoms with van der Waals surface area (Å²) in [6, 6.07) is 13.5. The lowest BCUT2D eigenvalue weighted by atomic mass is 10.0. The van der Waals surface area contributed by atoms with E-state index >= 15 is 0 Å². The van der Waals surface area contributed by atoms with E-state index in [1.165, 1.54) is 0 Å². The molecule has 0 unspecified atom stereocenters. The third-order valence-corrected chi connectivity index (χ3v) is 4.49. The normalized spacial score (nSPS) is 10.4. The number of hydrogen-bond donors (Lipinski definition) is 2. The van der Waals surface area contributed by atoms with E-state index in [4.69, 9.17) is 11.6 Å². The lowest BCUT2D eigenvalue weighted by Crippen LogP contribution is -2.30. The highest BCUT2D eigenvalue weighted by atomic mass is 35.5. The molecule has 0 heterocycles. The molecule has 0 saturated heterocycles. The second-order valence-electron chi connectivity index (χ2n) is 6.11. The largest absolute Gasteiger partial charge is 0.355 e. The number of rotatable bonds is 8. The van der Waals surface area contributed by atoms with E-state index < -0.39 is 0 Å². The number of aryl methyl sites for hydroxylation is 2. The molecule has 2 aromatic carbocycles. The van der Waals surface area contributed by atoms with Crippen molar-refractivity contribution in [1.29, 1.82) is 0 Å². The second-order valence-corrected chi connectivity index (χ2v) is 6.55. The van der Waals surface area contributed by atoms with Crippen molar-refractivity contribution in [2.75, 3.05) is 11.9 Å². The van der Waals surface area contributed by atoms with Gasteiger partial charge in [-0.1, -0.05) is 55.8 Å². The topological polar surface area (TPSA) is 58.2 Å². The van der Waals surface area contributed by atoms with Gasteiger partial charge in [-0.25, -0.2) is 0 Å². The van der Waals surface area contributed by atoms with Crippen molar-refractivity contribution in [3.63, 3.8) is 0 Å². The van der Waals surface area contributed by atoms with E-state index in [1.54, 1.807) is 0 Å². The summed E-state index contributed by atoms with van der Waals surface area (Å²) >= 11 is 5.85. The smallest absolute Gasteiger partial charge is 0.233 e. The standard InChI is InChI=1S/C21H25ClN2O2/c1-3-16-6-5-7-17(4-2)21(16)24-20(26)14-19(25)23-13-12-15-8-10-18(22)11-9-15/h5-11H,3-4,12-14H2,1-2H3,(H,23,25)(H,24,26). The average molecular weight is 373 g/mol. The van der Waals surface area contributed by atoms with Crippen molar-refractivity contribution in [1.82, 2.24) is 5.32 Å². The number of para-hydroxylation sites is 1. The third kappa shape index (κ3) is 5.88. The second kappa shape index (κ2) is 9.97. The minimum atomic E-state index is -0.287. The minimum absolute atomic E-state index is 0.179. The highest BCUT2D eigenvalue weighted by molar-refractivity contribution is 6.30. The van der Waals surface area contributed by atoms with Crippen molar-refractivity contribution >= 4 is 29.1 Å². The molecule has 0 aromatic heterocycles. The van der Waals surface area contributed by atoms with Crippen molar-refractivity contribution < 1.29 is 9.59 Å². The number of anilines is 1. The van der Waals surface area contributed by atoms with Gasteiger partial charge in [0.25, 0.3) is 0 Å². The van der Waals surface area contributed by atoms with Gasteiger partial charge in [-0.2, -0.15) is 0 Å². The van der Waals surface area contributed by atoms with Gasteiger partial charge in [0.15, 0.2) is 0 Å². The summed E-state index contributed by atoms with van der Waals surface area (Å²) in [5.74, 6) is -0.562. The molecule has 0 saturated carbocycles. The van der Waals surface area contributed by atoms with E-state index in [-0.39, 0.29) is 18.2 Å². The Balaban J connectivity index is 1.84. The number of carbonyl (C=O) groups excluding carboxylic acids is 2. The maximum Gasteiger partial charge on any atom is 0.233 e. The summed E-state index contributed by atoms with van der Waals surface area (Å²) < 4.78 is 0. The Labute approximate surface area is 159 Å². The predicted octanol–water partition coefficient (Wildman–Crippen LogP) is 4.15. The number of nitrogens with one attached hydrogen (secondary N) is 2. The minimum Gasteiger partial charge on any atom is -0.355 e. The monoisotopic (exact) mass is 372 g/mol. The summed E-state index contributed by atoms with van der Waals surface area (Å²) in [6.45, 7) is 4.58. The number of hydrogen-bond acceptors (Lipinski definition) is 2. The molecule has 0 spiro atoms. The molecule has 0 aliphatic heterocycles. The highest BCUT2D eigenvalue weighted by Crippen LogP contribution is 2.22. The molecule has 26 heavy (non-hydrogen) atoms. The van der Waals surface area contributed by atoms with Gasteiger partial charge in [0.05, 0.1) is 0 Å². The van der Waals surface area contributed by atoms with Crippen LogP contribution in [0.5, 0.6) is 0 Å². The summed E-state index contributed by atoms with van der Waals surface area (Å²) in [4.78, 5) is 24.2. The predicted molar refractivity (Wildman–Crippen MR) is 107 cm³/mol. The van der Waals surface area contributed by atoms with Crippen LogP contribution < -0.4 is 10.6 Å². The Hall–Kier alpha value is -2.33. The van der Waals surface area contributed by atoms with Gasteiger partial charge < -0.3 is 10.6 Å². The Morgan fingerprint density at radius 3 is 2.12 bits per heavy atom. The molecule has 0 fully saturated rings. The molecule has 2 rings (SSSR count). The molecule has 0 radical (unpaired) electrons. The Kier molecular flexibility index (Phi) is 7.67. The van der Waals surface area contributed by atoms with Crippen molar-refractivity contribution in [2.45, 2.75) is 39.5 Å². The van der Waals surface area contributed by atoms with Gasteiger partial charge in [-0.3, -0.25) is 9.59 Å². The van der Waals surface area contributed by atoms with Crippen LogP contribution in [0.3, 0.4) is 0 Å². The molecule has 138 valence electrons. The van der Waals surface area contributed by atoms with Crippen LogP contribution in [0.25, 0.3) is 0 Å². The number of benzene rings is 2. The first-order valence-corrected chi connectivity index (χ1v) is 9.33. The van der Waals surface area contributed by atoms with Gasteiger partial charge in [0.2, 0.25) is 11.8 Å². The fourth-order valence-corrected chi connectivity index (χ4v) is 2.92. The zero-order valence-corrected chi connectivity index (χ0v) is 16.0. The van der Waals surface area contributed by atoms with Crippen LogP contribution >= 0.6 is 11.6 Å². The fraction of sp³-hybridized carbons (Fsp3) is 0.333. The van der Waals surface area contributed by atoms with Crippen molar-refractivity contribution in [3.8, 4) is 0 Å². The van der Waals surface area contributed by atoms with Crippen LogP contribution in [0.15, 0.2) is 42.5 Å². The van der Waals surface area contributed by atoms with Crippen LogP contribution in [0.4, 0.5) is 5.69 Å². The van der Waals surface area contributed by atoms with Gasteiger partial charge >= 0.3 is 0 Å². The van der Waals surface area contributed by atoms with Gasteiger partial charge in [-0.05, 0) is 48.1 Å². The van der Waals surface area contributed by atoms with E-state index in [2.05, 4.69) is 10.6 Å². The van der Waals surface area contributed by atoms with Crippen LogP contribution in [0, 0.1) is 0 Å². The quantitative estimate of drug-likeness (QED) is 0.684. The van der Waals surface area contributed by atoms with Crippen molar-refractivity contribution in [3.05, 3.63) is 64.2 Å². The molecule has 2 N–H and O–H groups in total. The third-order valence-electron chi connectivity index (χ3n) is 4.23. The molecule has 0 atom stereocenters. The molecule has 4 nitrogen and oxygen atoms in total. The molecule has 5 heteroatoms. The Morgan fingerprint density at radius 2 is 1.54 bits per heavy atom. The SMILES string of the molecule is CCc1cccc(CC)c1NC(=O)CC(=O)NCCc1ccc(Cl)cc1. The zero-order valence-electron chi connectivity index (χ0n) is 15.3. The van der Waals surface area contributed by atoms with Crippen LogP contribution in [-0.2, 0) is 28.9 Å². The maximum absolute atomic E-state index is 12.2. The summed E-state index contributed by atoms with van der Waals surface area (Å²) in [5, 5.41) is 6.39. The van der Waals surface area contributed by atoms with Crippen LogP contribution in [0.1, 0.15) is 37.0 Å². The Morgan fingerprint density at radius 1 is 0.923 bits per heavy atom. The average Bonchev–Trinajstić information content (AvgIpc) is 2.63. The lowest BCUT2D eigenvalue weighted by molar-refractivity contribution is -0.126. The summed E-state index contributed by atoms with van der Waals surface area (Å²) in [6.07, 6.45) is 2.18. The molecular formula is C21H25ClN2O2.